The molecule has 0 aliphatic heterocycles. The van der Waals surface area contributed by atoms with Crippen LogP contribution in [0.5, 0.6) is 0 Å². The molecular formula is C22H34N3O2S+. The van der Waals surface area contributed by atoms with Gasteiger partial charge in [-0.25, -0.2) is 4.79 Å². The van der Waals surface area contributed by atoms with Crippen molar-refractivity contribution in [1.82, 2.24) is 9.13 Å². The summed E-state index contributed by atoms with van der Waals surface area (Å²) in [5.41, 5.74) is 1.20. The highest BCUT2D eigenvalue weighted by molar-refractivity contribution is 7.18. The lowest BCUT2D eigenvalue weighted by Crippen LogP contribution is -3.05. The summed E-state index contributed by atoms with van der Waals surface area (Å²) in [6, 6.07) is 0.0881. The monoisotopic (exact) mass is 404 g/mol. The van der Waals surface area contributed by atoms with E-state index < -0.39 is 0 Å². The molecule has 2 heterocycles. The van der Waals surface area contributed by atoms with Crippen LogP contribution in [0.4, 0.5) is 0 Å². The molecule has 0 spiro atoms. The highest BCUT2D eigenvalue weighted by Gasteiger charge is 2.26. The second-order valence-electron chi connectivity index (χ2n) is 8.96. The molecule has 1 saturated carbocycles. The summed E-state index contributed by atoms with van der Waals surface area (Å²) in [5.74, 6) is 0. The van der Waals surface area contributed by atoms with Gasteiger partial charge in [0.15, 0.2) is 0 Å². The number of fused-ring (bicyclic) bond motifs is 3. The quantitative estimate of drug-likeness (QED) is 0.779. The van der Waals surface area contributed by atoms with Crippen LogP contribution in [0.25, 0.3) is 10.2 Å². The Bertz CT molecular complexity index is 947. The smallest absolute Gasteiger partial charge is 0.332 e. The molecule has 0 saturated heterocycles. The summed E-state index contributed by atoms with van der Waals surface area (Å²) in [6.45, 7) is 1.74. The largest absolute Gasteiger partial charge is 0.340 e. The lowest BCUT2D eigenvalue weighted by atomic mass is 9.95. The van der Waals surface area contributed by atoms with Crippen molar-refractivity contribution in [3.8, 4) is 0 Å². The summed E-state index contributed by atoms with van der Waals surface area (Å²) in [7, 11) is 4.29. The first kappa shape index (κ1) is 19.9. The van der Waals surface area contributed by atoms with Crippen LogP contribution in [-0.4, -0.2) is 29.8 Å². The van der Waals surface area contributed by atoms with Gasteiger partial charge in [-0.05, 0) is 44.1 Å². The fourth-order valence-corrected chi connectivity index (χ4v) is 6.41. The van der Waals surface area contributed by atoms with E-state index in [4.69, 9.17) is 0 Å². The summed E-state index contributed by atoms with van der Waals surface area (Å²) < 4.78 is 3.61. The minimum atomic E-state index is -0.0606. The van der Waals surface area contributed by atoms with Crippen molar-refractivity contribution in [2.45, 2.75) is 83.2 Å². The zero-order valence-electron chi connectivity index (χ0n) is 17.4. The number of aromatic nitrogens is 2. The number of aryl methyl sites for hydroxylation is 3. The Balaban J connectivity index is 1.89. The summed E-state index contributed by atoms with van der Waals surface area (Å²) >= 11 is 1.73. The fraction of sp³-hybridized carbons (Fsp3) is 0.727. The van der Waals surface area contributed by atoms with Gasteiger partial charge in [-0.1, -0.05) is 25.7 Å². The molecule has 0 aromatic carbocycles. The Hall–Kier alpha value is -1.40. The standard InChI is InChI=1S/C22H33N3O2S/c1-23(2)14-9-15-24-21-19(17-12-7-4-8-13-18(17)28-21)20(26)25(22(24)27)16-10-5-3-6-11-16/h16H,3-15H2,1-2H3/p+1. The lowest BCUT2D eigenvalue weighted by Gasteiger charge is -2.24. The van der Waals surface area contributed by atoms with Gasteiger partial charge in [-0.15, -0.1) is 11.3 Å². The van der Waals surface area contributed by atoms with Gasteiger partial charge in [0.2, 0.25) is 0 Å². The Kier molecular flexibility index (Phi) is 6.07. The normalized spacial score (nSPS) is 18.5. The van der Waals surface area contributed by atoms with E-state index in [1.165, 1.54) is 34.6 Å². The van der Waals surface area contributed by atoms with Crippen LogP contribution in [0.15, 0.2) is 9.59 Å². The maximum Gasteiger partial charge on any atom is 0.332 e. The summed E-state index contributed by atoms with van der Waals surface area (Å²) in [5, 5.41) is 0.879. The van der Waals surface area contributed by atoms with E-state index in [-0.39, 0.29) is 17.3 Å². The van der Waals surface area contributed by atoms with E-state index >= 15 is 0 Å². The summed E-state index contributed by atoms with van der Waals surface area (Å²) in [6.07, 6.45) is 12.0. The van der Waals surface area contributed by atoms with E-state index in [9.17, 15) is 9.59 Å². The Morgan fingerprint density at radius 2 is 1.71 bits per heavy atom. The zero-order valence-corrected chi connectivity index (χ0v) is 18.2. The zero-order chi connectivity index (χ0) is 19.7. The Labute approximate surface area is 171 Å². The van der Waals surface area contributed by atoms with Gasteiger partial charge in [0.05, 0.1) is 26.0 Å². The first-order chi connectivity index (χ1) is 13.6. The van der Waals surface area contributed by atoms with Crippen molar-refractivity contribution < 1.29 is 4.90 Å². The Morgan fingerprint density at radius 1 is 1.00 bits per heavy atom. The minimum absolute atomic E-state index is 0.000726. The maximum absolute atomic E-state index is 13.6. The number of nitrogens with one attached hydrogen (secondary N) is 1. The highest BCUT2D eigenvalue weighted by atomic mass is 32.1. The molecular weight excluding hydrogens is 370 g/mol. The first-order valence-electron chi connectivity index (χ1n) is 11.2. The molecule has 0 unspecified atom stereocenters. The second kappa shape index (κ2) is 8.54. The van der Waals surface area contributed by atoms with E-state index in [0.717, 1.165) is 68.1 Å². The molecule has 2 aliphatic rings. The molecule has 154 valence electrons. The van der Waals surface area contributed by atoms with Crippen molar-refractivity contribution in [3.05, 3.63) is 31.3 Å². The van der Waals surface area contributed by atoms with Gasteiger partial charge in [0, 0.05) is 23.9 Å². The highest BCUT2D eigenvalue weighted by Crippen LogP contribution is 2.34. The predicted molar refractivity (Wildman–Crippen MR) is 116 cm³/mol. The molecule has 5 nitrogen and oxygen atoms in total. The van der Waals surface area contributed by atoms with Crippen LogP contribution in [-0.2, 0) is 19.4 Å². The molecule has 2 aromatic rings. The van der Waals surface area contributed by atoms with Gasteiger partial charge in [-0.3, -0.25) is 13.9 Å². The molecule has 0 bridgehead atoms. The minimum Gasteiger partial charge on any atom is -0.340 e. The number of thiophene rings is 1. The molecule has 2 aromatic heterocycles. The van der Waals surface area contributed by atoms with Gasteiger partial charge in [0.25, 0.3) is 5.56 Å². The molecule has 0 atom stereocenters. The first-order valence-corrected chi connectivity index (χ1v) is 12.0. The maximum atomic E-state index is 13.6. The number of hydrogen-bond acceptors (Lipinski definition) is 3. The molecule has 28 heavy (non-hydrogen) atoms. The van der Waals surface area contributed by atoms with Crippen LogP contribution >= 0.6 is 11.3 Å². The van der Waals surface area contributed by atoms with Crippen molar-refractivity contribution in [2.24, 2.45) is 0 Å². The van der Waals surface area contributed by atoms with E-state index in [1.807, 2.05) is 4.57 Å². The third-order valence-corrected chi connectivity index (χ3v) is 7.83. The average molecular weight is 405 g/mol. The van der Waals surface area contributed by atoms with Gasteiger partial charge >= 0.3 is 5.69 Å². The molecule has 0 radical (unpaired) electrons. The predicted octanol–water partition coefficient (Wildman–Crippen LogP) is 2.53. The molecule has 2 aliphatic carbocycles. The molecule has 0 amide bonds. The number of hydrogen-bond donors (Lipinski definition) is 1. The topological polar surface area (TPSA) is 48.4 Å². The number of nitrogens with zero attached hydrogens (tertiary/aromatic N) is 2. The summed E-state index contributed by atoms with van der Waals surface area (Å²) in [4.78, 5) is 30.8. The SMILES string of the molecule is C[NH+](C)CCCn1c(=O)n(C2CCCCC2)c(=O)c2c3c(sc21)CCCCC3. The van der Waals surface area contributed by atoms with Gasteiger partial charge in [-0.2, -0.15) is 0 Å². The lowest BCUT2D eigenvalue weighted by molar-refractivity contribution is -0.858. The van der Waals surface area contributed by atoms with Gasteiger partial charge < -0.3 is 4.90 Å². The number of rotatable bonds is 5. The van der Waals surface area contributed by atoms with Gasteiger partial charge in [0.1, 0.15) is 4.83 Å². The third kappa shape index (κ3) is 3.73. The molecule has 1 fully saturated rings. The molecule has 4 rings (SSSR count). The second-order valence-corrected chi connectivity index (χ2v) is 10.0. The molecule has 6 heteroatoms. The van der Waals surface area contributed by atoms with E-state index in [2.05, 4.69) is 14.1 Å². The van der Waals surface area contributed by atoms with Crippen LogP contribution < -0.4 is 16.1 Å². The molecule has 1 N–H and O–H groups in total. The van der Waals surface area contributed by atoms with Crippen molar-refractivity contribution >= 4 is 21.6 Å². The van der Waals surface area contributed by atoms with Crippen LogP contribution in [0, 0.1) is 0 Å². The van der Waals surface area contributed by atoms with Crippen LogP contribution in [0.1, 0.15) is 74.3 Å². The van der Waals surface area contributed by atoms with E-state index in [1.54, 1.807) is 15.9 Å². The fourth-order valence-electron chi connectivity index (χ4n) is 5.01. The Morgan fingerprint density at radius 3 is 2.46 bits per heavy atom. The van der Waals surface area contributed by atoms with E-state index in [0.29, 0.717) is 6.54 Å². The van der Waals surface area contributed by atoms with Crippen LogP contribution in [0.3, 0.4) is 0 Å². The number of quaternary nitrogens is 1. The average Bonchev–Trinajstić information content (AvgIpc) is 2.88. The van der Waals surface area contributed by atoms with Crippen LogP contribution in [0.2, 0.25) is 0 Å². The van der Waals surface area contributed by atoms with Crippen molar-refractivity contribution in [1.29, 1.82) is 0 Å². The van der Waals surface area contributed by atoms with Crippen molar-refractivity contribution in [2.75, 3.05) is 20.6 Å². The van der Waals surface area contributed by atoms with Crippen molar-refractivity contribution in [3.63, 3.8) is 0 Å². The third-order valence-electron chi connectivity index (χ3n) is 6.52.